The summed E-state index contributed by atoms with van der Waals surface area (Å²) in [6, 6.07) is 5.70. The highest BCUT2D eigenvalue weighted by atomic mass is 16.5. The van der Waals surface area contributed by atoms with E-state index in [1.807, 2.05) is 32.0 Å². The molecule has 0 saturated heterocycles. The van der Waals surface area contributed by atoms with Gasteiger partial charge in [-0.1, -0.05) is 24.3 Å². The van der Waals surface area contributed by atoms with Crippen molar-refractivity contribution in [2.45, 2.75) is 13.8 Å². The lowest BCUT2D eigenvalue weighted by atomic mass is 10.1. The van der Waals surface area contributed by atoms with E-state index in [1.54, 1.807) is 0 Å². The Balaban J connectivity index is 2.69. The van der Waals surface area contributed by atoms with Crippen LogP contribution >= 0.6 is 0 Å². The van der Waals surface area contributed by atoms with Crippen LogP contribution in [0.3, 0.4) is 0 Å². The van der Waals surface area contributed by atoms with Crippen LogP contribution < -0.4 is 4.74 Å². The monoisotopic (exact) mass is 277 g/mol. The summed E-state index contributed by atoms with van der Waals surface area (Å²) in [6.45, 7) is 6.93. The molecule has 0 aliphatic heterocycles. The van der Waals surface area contributed by atoms with Crippen molar-refractivity contribution in [1.82, 2.24) is 4.90 Å². The third-order valence-electron chi connectivity index (χ3n) is 2.78. The minimum atomic E-state index is -1.06. The van der Waals surface area contributed by atoms with Crippen molar-refractivity contribution in [2.75, 3.05) is 19.7 Å². The zero-order valence-electron chi connectivity index (χ0n) is 11.8. The van der Waals surface area contributed by atoms with Gasteiger partial charge in [-0.2, -0.15) is 0 Å². The molecule has 0 fully saturated rings. The van der Waals surface area contributed by atoms with Crippen LogP contribution in [0.5, 0.6) is 5.75 Å². The summed E-state index contributed by atoms with van der Waals surface area (Å²) in [5.41, 5.74) is 1.87. The third kappa shape index (κ3) is 4.42. The number of nitrogens with zero attached hydrogens (tertiary/aromatic N) is 1. The molecule has 0 aliphatic rings. The fourth-order valence-electron chi connectivity index (χ4n) is 1.83. The van der Waals surface area contributed by atoms with Crippen LogP contribution in [-0.4, -0.2) is 41.6 Å². The normalized spacial score (nSPS) is 9.90. The van der Waals surface area contributed by atoms with Crippen molar-refractivity contribution in [2.24, 2.45) is 0 Å². The van der Waals surface area contributed by atoms with E-state index in [1.165, 1.54) is 11.0 Å². The maximum atomic E-state index is 12.0. The number of carbonyl (C=O) groups excluding carboxylic acids is 1. The predicted molar refractivity (Wildman–Crippen MR) is 75.8 cm³/mol. The molecule has 0 aliphatic carbocycles. The average molecular weight is 277 g/mol. The Morgan fingerprint density at radius 3 is 2.45 bits per heavy atom. The first-order valence-electron chi connectivity index (χ1n) is 6.25. The van der Waals surface area contributed by atoms with E-state index in [-0.39, 0.29) is 25.6 Å². The molecular formula is C15H19NO4. The Hall–Kier alpha value is -2.30. The third-order valence-corrected chi connectivity index (χ3v) is 2.78. The van der Waals surface area contributed by atoms with Gasteiger partial charge in [-0.15, -0.1) is 6.58 Å². The molecule has 1 amide bonds. The van der Waals surface area contributed by atoms with Crippen molar-refractivity contribution in [3.8, 4) is 5.75 Å². The zero-order valence-corrected chi connectivity index (χ0v) is 11.8. The van der Waals surface area contributed by atoms with Crippen LogP contribution in [0.1, 0.15) is 11.1 Å². The molecule has 0 saturated carbocycles. The van der Waals surface area contributed by atoms with Gasteiger partial charge in [0.2, 0.25) is 0 Å². The number of rotatable bonds is 7. The summed E-state index contributed by atoms with van der Waals surface area (Å²) >= 11 is 0. The second-order valence-electron chi connectivity index (χ2n) is 4.47. The standard InChI is InChI=1S/C15H19NO4/c1-4-8-16(9-14(18)19)13(17)10-20-15-11(2)6-5-7-12(15)3/h4-7H,1,8-10H2,2-3H3,(H,18,19). The molecule has 0 bridgehead atoms. The predicted octanol–water partition coefficient (Wildman–Crippen LogP) is 1.78. The summed E-state index contributed by atoms with van der Waals surface area (Å²) in [5, 5.41) is 8.76. The number of carbonyl (C=O) groups is 2. The van der Waals surface area contributed by atoms with E-state index in [0.29, 0.717) is 5.75 Å². The van der Waals surface area contributed by atoms with E-state index >= 15 is 0 Å². The second-order valence-corrected chi connectivity index (χ2v) is 4.47. The number of benzene rings is 1. The Labute approximate surface area is 118 Å². The molecule has 0 unspecified atom stereocenters. The first kappa shape index (κ1) is 15.8. The lowest BCUT2D eigenvalue weighted by Crippen LogP contribution is -2.38. The lowest BCUT2D eigenvalue weighted by molar-refractivity contribution is -0.144. The van der Waals surface area contributed by atoms with Crippen LogP contribution in [0.4, 0.5) is 0 Å². The Morgan fingerprint density at radius 2 is 1.95 bits per heavy atom. The number of amides is 1. The SMILES string of the molecule is C=CCN(CC(=O)O)C(=O)COc1c(C)cccc1C. The number of carboxylic acid groups (broad SMARTS) is 1. The molecule has 0 spiro atoms. The molecule has 0 aromatic heterocycles. The molecule has 108 valence electrons. The van der Waals surface area contributed by atoms with Gasteiger partial charge in [0.15, 0.2) is 6.61 Å². The highest BCUT2D eigenvalue weighted by molar-refractivity contribution is 5.82. The topological polar surface area (TPSA) is 66.8 Å². The van der Waals surface area contributed by atoms with Gasteiger partial charge in [-0.25, -0.2) is 0 Å². The number of aryl methyl sites for hydroxylation is 2. The van der Waals surface area contributed by atoms with E-state index < -0.39 is 5.97 Å². The zero-order chi connectivity index (χ0) is 15.1. The van der Waals surface area contributed by atoms with Gasteiger partial charge in [-0.05, 0) is 25.0 Å². The maximum Gasteiger partial charge on any atom is 0.323 e. The van der Waals surface area contributed by atoms with E-state index in [9.17, 15) is 9.59 Å². The quantitative estimate of drug-likeness (QED) is 0.771. The van der Waals surface area contributed by atoms with Crippen molar-refractivity contribution in [1.29, 1.82) is 0 Å². The summed E-state index contributed by atoms with van der Waals surface area (Å²) in [6.07, 6.45) is 1.49. The molecule has 0 heterocycles. The van der Waals surface area contributed by atoms with Gasteiger partial charge >= 0.3 is 5.97 Å². The Bertz CT molecular complexity index is 490. The summed E-state index contributed by atoms with van der Waals surface area (Å²) in [7, 11) is 0. The molecule has 5 heteroatoms. The molecule has 1 aromatic carbocycles. The van der Waals surface area contributed by atoms with Crippen LogP contribution in [0, 0.1) is 13.8 Å². The van der Waals surface area contributed by atoms with Gasteiger partial charge in [0.05, 0.1) is 0 Å². The molecule has 20 heavy (non-hydrogen) atoms. The highest BCUT2D eigenvalue weighted by Gasteiger charge is 2.16. The average Bonchev–Trinajstić information content (AvgIpc) is 2.37. The summed E-state index contributed by atoms with van der Waals surface area (Å²) < 4.78 is 5.52. The van der Waals surface area contributed by atoms with E-state index in [0.717, 1.165) is 11.1 Å². The van der Waals surface area contributed by atoms with Crippen molar-refractivity contribution < 1.29 is 19.4 Å². The maximum absolute atomic E-state index is 12.0. The van der Waals surface area contributed by atoms with Gasteiger partial charge in [-0.3, -0.25) is 9.59 Å². The molecule has 0 atom stereocenters. The van der Waals surface area contributed by atoms with Crippen molar-refractivity contribution in [3.05, 3.63) is 42.0 Å². The Kier molecular flexibility index (Phi) is 5.77. The summed E-state index contributed by atoms with van der Waals surface area (Å²) in [5.74, 6) is -0.781. The van der Waals surface area contributed by atoms with Crippen molar-refractivity contribution in [3.63, 3.8) is 0 Å². The molecule has 0 radical (unpaired) electrons. The first-order chi connectivity index (χ1) is 9.45. The molecule has 1 aromatic rings. The summed E-state index contributed by atoms with van der Waals surface area (Å²) in [4.78, 5) is 23.8. The largest absolute Gasteiger partial charge is 0.483 e. The smallest absolute Gasteiger partial charge is 0.323 e. The number of ether oxygens (including phenoxy) is 1. The molecule has 1 N–H and O–H groups in total. The molecule has 5 nitrogen and oxygen atoms in total. The van der Waals surface area contributed by atoms with Gasteiger partial charge < -0.3 is 14.7 Å². The van der Waals surface area contributed by atoms with Crippen molar-refractivity contribution >= 4 is 11.9 Å². The number of aliphatic carboxylic acids is 1. The van der Waals surface area contributed by atoms with E-state index in [2.05, 4.69) is 6.58 Å². The minimum absolute atomic E-state index is 0.182. The number of hydrogen-bond acceptors (Lipinski definition) is 3. The fourth-order valence-corrected chi connectivity index (χ4v) is 1.83. The number of hydrogen-bond donors (Lipinski definition) is 1. The van der Waals surface area contributed by atoms with Crippen LogP contribution in [0.25, 0.3) is 0 Å². The van der Waals surface area contributed by atoms with Gasteiger partial charge in [0.25, 0.3) is 5.91 Å². The Morgan fingerprint density at radius 1 is 1.35 bits per heavy atom. The fraction of sp³-hybridized carbons (Fsp3) is 0.333. The van der Waals surface area contributed by atoms with E-state index in [4.69, 9.17) is 9.84 Å². The number of para-hydroxylation sites is 1. The first-order valence-corrected chi connectivity index (χ1v) is 6.25. The van der Waals surface area contributed by atoms with Gasteiger partial charge in [0.1, 0.15) is 12.3 Å². The number of carboxylic acids is 1. The second kappa shape index (κ2) is 7.33. The van der Waals surface area contributed by atoms with Crippen LogP contribution in [-0.2, 0) is 9.59 Å². The highest BCUT2D eigenvalue weighted by Crippen LogP contribution is 2.22. The van der Waals surface area contributed by atoms with Gasteiger partial charge in [0, 0.05) is 6.54 Å². The molecular weight excluding hydrogens is 258 g/mol. The minimum Gasteiger partial charge on any atom is -0.483 e. The van der Waals surface area contributed by atoms with Crippen LogP contribution in [0.15, 0.2) is 30.9 Å². The lowest BCUT2D eigenvalue weighted by Gasteiger charge is -2.19. The van der Waals surface area contributed by atoms with Crippen LogP contribution in [0.2, 0.25) is 0 Å². The molecule has 1 rings (SSSR count).